The molecule has 16 heteroatoms. The molecule has 3 heterocycles. The molecule has 5 atom stereocenters. The van der Waals surface area contributed by atoms with E-state index in [1.807, 2.05) is 0 Å². The van der Waals surface area contributed by atoms with Crippen molar-refractivity contribution >= 4 is 15.9 Å². The molecule has 0 radical (unpaired) electrons. The second-order valence-corrected chi connectivity index (χ2v) is 10.2. The van der Waals surface area contributed by atoms with Crippen LogP contribution >= 0.6 is 15.9 Å². The van der Waals surface area contributed by atoms with Crippen LogP contribution in [0.25, 0.3) is 16.8 Å². The van der Waals surface area contributed by atoms with E-state index < -0.39 is 71.9 Å². The molecule has 0 amide bonds. The normalized spacial score (nSPS) is 23.2. The number of rotatable bonds is 5. The third-order valence-electron chi connectivity index (χ3n) is 6.60. The van der Waals surface area contributed by atoms with Crippen molar-refractivity contribution in [1.82, 2.24) is 24.5 Å². The summed E-state index contributed by atoms with van der Waals surface area (Å²) in [5.41, 5.74) is -1.48. The Balaban J connectivity index is 1.58. The molecule has 0 spiro atoms. The average molecular weight is 648 g/mol. The van der Waals surface area contributed by atoms with E-state index in [4.69, 9.17) is 4.74 Å². The number of aliphatic hydroxyl groups is 3. The average Bonchev–Trinajstić information content (AvgIpc) is 3.53. The largest absolute Gasteiger partial charge is 0.418 e. The van der Waals surface area contributed by atoms with Crippen LogP contribution in [0.4, 0.5) is 26.3 Å². The van der Waals surface area contributed by atoms with E-state index in [2.05, 4.69) is 31.1 Å². The summed E-state index contributed by atoms with van der Waals surface area (Å²) in [4.78, 5) is 4.19. The number of aryl methyl sites for hydroxylation is 1. The Bertz CT molecular complexity index is 1570. The molecule has 5 rings (SSSR count). The summed E-state index contributed by atoms with van der Waals surface area (Å²) in [7, 11) is 0. The summed E-state index contributed by atoms with van der Waals surface area (Å²) in [6.45, 7) is 0.651. The van der Waals surface area contributed by atoms with Crippen molar-refractivity contribution in [3.05, 3.63) is 81.9 Å². The molecule has 1 saturated heterocycles. The SMILES string of the molecule is Cc1nc([C@@H]2O[C@H](CO)[C@H](O)[C@H](n3cc(-c4cc(F)c(F)c(F)c4)cn3)[C@H]2O)n(-c2cc(Br)ccc2C(F)(F)F)n1. The second kappa shape index (κ2) is 10.8. The maximum absolute atomic E-state index is 13.9. The summed E-state index contributed by atoms with van der Waals surface area (Å²) in [5.74, 6) is -4.78. The van der Waals surface area contributed by atoms with Gasteiger partial charge in [0.15, 0.2) is 23.3 Å². The molecule has 3 N–H and O–H groups in total. The number of aliphatic hydroxyl groups excluding tert-OH is 3. The molecule has 2 aromatic heterocycles. The Morgan fingerprint density at radius 1 is 1.02 bits per heavy atom. The van der Waals surface area contributed by atoms with Crippen molar-refractivity contribution < 1.29 is 46.4 Å². The Morgan fingerprint density at radius 3 is 2.34 bits per heavy atom. The molecule has 1 aliphatic heterocycles. The first-order valence-corrected chi connectivity index (χ1v) is 12.7. The van der Waals surface area contributed by atoms with Gasteiger partial charge >= 0.3 is 6.18 Å². The van der Waals surface area contributed by atoms with Crippen LogP contribution in [-0.4, -0.2) is 64.8 Å². The summed E-state index contributed by atoms with van der Waals surface area (Å²) < 4.78 is 90.6. The van der Waals surface area contributed by atoms with Crippen LogP contribution < -0.4 is 0 Å². The zero-order valence-electron chi connectivity index (χ0n) is 20.8. The van der Waals surface area contributed by atoms with Crippen LogP contribution in [0, 0.1) is 24.4 Å². The van der Waals surface area contributed by atoms with Gasteiger partial charge in [0.2, 0.25) is 0 Å². The first-order chi connectivity index (χ1) is 19.3. The first kappa shape index (κ1) is 29.2. The summed E-state index contributed by atoms with van der Waals surface area (Å²) >= 11 is 3.15. The monoisotopic (exact) mass is 647 g/mol. The highest BCUT2D eigenvalue weighted by Gasteiger charge is 2.48. The molecule has 0 saturated carbocycles. The summed E-state index contributed by atoms with van der Waals surface area (Å²) in [5, 5.41) is 40.4. The molecule has 0 unspecified atom stereocenters. The third kappa shape index (κ3) is 5.37. The van der Waals surface area contributed by atoms with Gasteiger partial charge in [-0.15, -0.1) is 0 Å². The summed E-state index contributed by atoms with van der Waals surface area (Å²) in [6, 6.07) is 3.28. The Labute approximate surface area is 235 Å². The van der Waals surface area contributed by atoms with E-state index in [9.17, 15) is 41.7 Å². The van der Waals surface area contributed by atoms with Gasteiger partial charge in [-0.25, -0.2) is 22.8 Å². The Kier molecular flexibility index (Phi) is 7.71. The van der Waals surface area contributed by atoms with Gasteiger partial charge in [0.05, 0.1) is 24.1 Å². The number of aromatic nitrogens is 5. The number of hydrogen-bond acceptors (Lipinski definition) is 7. The fourth-order valence-corrected chi connectivity index (χ4v) is 5.06. The minimum atomic E-state index is -4.78. The molecule has 1 fully saturated rings. The van der Waals surface area contributed by atoms with Crippen molar-refractivity contribution in [2.45, 2.75) is 43.6 Å². The predicted molar refractivity (Wildman–Crippen MR) is 132 cm³/mol. The highest BCUT2D eigenvalue weighted by atomic mass is 79.9. The van der Waals surface area contributed by atoms with Gasteiger partial charge in [-0.1, -0.05) is 15.9 Å². The first-order valence-electron chi connectivity index (χ1n) is 11.9. The van der Waals surface area contributed by atoms with Crippen LogP contribution in [0.2, 0.25) is 0 Å². The second-order valence-electron chi connectivity index (χ2n) is 9.30. The third-order valence-corrected chi connectivity index (χ3v) is 7.10. The maximum atomic E-state index is 13.9. The Morgan fingerprint density at radius 2 is 1.71 bits per heavy atom. The van der Waals surface area contributed by atoms with Crippen LogP contribution in [0.1, 0.15) is 29.4 Å². The molecule has 218 valence electrons. The summed E-state index contributed by atoms with van der Waals surface area (Å²) in [6.07, 6.45) is -8.65. The number of nitrogens with zero attached hydrogens (tertiary/aromatic N) is 5. The fourth-order valence-electron chi connectivity index (χ4n) is 4.71. The molecule has 41 heavy (non-hydrogen) atoms. The van der Waals surface area contributed by atoms with Gasteiger partial charge in [-0.3, -0.25) is 4.68 Å². The molecule has 9 nitrogen and oxygen atoms in total. The lowest BCUT2D eigenvalue weighted by atomic mass is 9.92. The number of halogens is 7. The van der Waals surface area contributed by atoms with Crippen molar-refractivity contribution in [3.8, 4) is 16.8 Å². The lowest BCUT2D eigenvalue weighted by Crippen LogP contribution is -2.53. The zero-order valence-corrected chi connectivity index (χ0v) is 22.4. The lowest BCUT2D eigenvalue weighted by molar-refractivity contribution is -0.210. The smallest absolute Gasteiger partial charge is 0.394 e. The molecular weight excluding hydrogens is 628 g/mol. The minimum Gasteiger partial charge on any atom is -0.394 e. The number of alkyl halides is 3. The van der Waals surface area contributed by atoms with Gasteiger partial charge in [-0.2, -0.15) is 23.4 Å². The van der Waals surface area contributed by atoms with E-state index in [-0.39, 0.29) is 22.8 Å². The van der Waals surface area contributed by atoms with E-state index in [1.54, 1.807) is 0 Å². The molecular formula is C25H20BrF6N5O4. The molecule has 4 aromatic rings. The van der Waals surface area contributed by atoms with Crippen LogP contribution in [-0.2, 0) is 10.9 Å². The topological polar surface area (TPSA) is 118 Å². The van der Waals surface area contributed by atoms with E-state index in [0.29, 0.717) is 4.47 Å². The number of ether oxygens (including phenoxy) is 1. The highest BCUT2D eigenvalue weighted by molar-refractivity contribution is 9.10. The number of hydrogen-bond donors (Lipinski definition) is 3. The van der Waals surface area contributed by atoms with E-state index >= 15 is 0 Å². The maximum Gasteiger partial charge on any atom is 0.418 e. The van der Waals surface area contributed by atoms with Crippen molar-refractivity contribution in [2.75, 3.05) is 6.61 Å². The minimum absolute atomic E-state index is 0.0360. The predicted octanol–water partition coefficient (Wildman–Crippen LogP) is 4.03. The van der Waals surface area contributed by atoms with Crippen LogP contribution in [0.15, 0.2) is 47.2 Å². The fraction of sp³-hybridized carbons (Fsp3) is 0.320. The standard InChI is InChI=1S/C25H20BrF6N5O4/c1-10-34-24(37(35-10)17-6-13(26)2-3-14(17)25(30,31)32)23-22(40)20(21(39)18(9-38)41-23)36-8-12(7-33-36)11-4-15(27)19(29)16(28)5-11/h2-8,18,20-23,38-40H,9H2,1H3/t18-,20+,21+,22-,23-/m1/s1. The van der Waals surface area contributed by atoms with Gasteiger partial charge in [0.25, 0.3) is 0 Å². The molecule has 1 aliphatic rings. The quantitative estimate of drug-likeness (QED) is 0.221. The van der Waals surface area contributed by atoms with Crippen LogP contribution in [0.5, 0.6) is 0 Å². The molecule has 0 aliphatic carbocycles. The van der Waals surface area contributed by atoms with Gasteiger partial charge in [0, 0.05) is 16.2 Å². The van der Waals surface area contributed by atoms with Crippen molar-refractivity contribution in [2.24, 2.45) is 0 Å². The highest BCUT2D eigenvalue weighted by Crippen LogP contribution is 2.41. The van der Waals surface area contributed by atoms with Crippen molar-refractivity contribution in [3.63, 3.8) is 0 Å². The van der Waals surface area contributed by atoms with Crippen LogP contribution in [0.3, 0.4) is 0 Å². The molecule has 0 bridgehead atoms. The van der Waals surface area contributed by atoms with Gasteiger partial charge in [-0.05, 0) is 42.8 Å². The molecule has 2 aromatic carbocycles. The van der Waals surface area contributed by atoms with Crippen molar-refractivity contribution in [1.29, 1.82) is 0 Å². The number of benzene rings is 2. The Hall–Kier alpha value is -3.31. The van der Waals surface area contributed by atoms with E-state index in [1.165, 1.54) is 19.2 Å². The van der Waals surface area contributed by atoms with Gasteiger partial charge in [0.1, 0.15) is 36.3 Å². The lowest BCUT2D eigenvalue weighted by Gasteiger charge is -2.42. The van der Waals surface area contributed by atoms with Gasteiger partial charge < -0.3 is 20.1 Å². The van der Waals surface area contributed by atoms with E-state index in [0.717, 1.165) is 39.8 Å². The zero-order chi connectivity index (χ0) is 29.8.